The van der Waals surface area contributed by atoms with E-state index in [1.165, 1.54) is 20.9 Å². The second-order valence-electron chi connectivity index (χ2n) is 7.62. The summed E-state index contributed by atoms with van der Waals surface area (Å²) in [4.78, 5) is 14.1. The minimum Gasteiger partial charge on any atom is -0.295 e. The molecule has 4 aromatic rings. The first-order valence-corrected chi connectivity index (χ1v) is 12.5. The van der Waals surface area contributed by atoms with E-state index in [-0.39, 0.29) is 10.6 Å². The van der Waals surface area contributed by atoms with Gasteiger partial charge in [0, 0.05) is 23.9 Å². The molecule has 9 heteroatoms. The third-order valence-corrected chi connectivity index (χ3v) is 8.40. The van der Waals surface area contributed by atoms with Gasteiger partial charge in [0.1, 0.15) is 0 Å². The lowest BCUT2D eigenvalue weighted by Crippen LogP contribution is -2.19. The predicted molar refractivity (Wildman–Crippen MR) is 130 cm³/mol. The zero-order valence-corrected chi connectivity index (χ0v) is 20.4. The van der Waals surface area contributed by atoms with Crippen molar-refractivity contribution in [2.45, 2.75) is 28.5 Å². The Morgan fingerprint density at radius 1 is 0.875 bits per heavy atom. The average molecular weight is 488 g/mol. The van der Waals surface area contributed by atoms with Crippen LogP contribution in [0, 0.1) is 13.8 Å². The number of benzene rings is 3. The first kappa shape index (κ1) is 22.5. The molecule has 0 unspecified atom stereocenters. The summed E-state index contributed by atoms with van der Waals surface area (Å²) in [6, 6.07) is 15.9. The van der Waals surface area contributed by atoms with Gasteiger partial charge in [0.25, 0.3) is 10.0 Å². The van der Waals surface area contributed by atoms with Gasteiger partial charge < -0.3 is 0 Å². The lowest BCUT2D eigenvalue weighted by Gasteiger charge is -2.15. The van der Waals surface area contributed by atoms with E-state index in [0.717, 1.165) is 16.0 Å². The zero-order chi connectivity index (χ0) is 23.2. The van der Waals surface area contributed by atoms with Crippen LogP contribution in [-0.4, -0.2) is 17.6 Å². The van der Waals surface area contributed by atoms with Crippen molar-refractivity contribution < 1.29 is 8.42 Å². The number of anilines is 1. The molecule has 0 spiro atoms. The summed E-state index contributed by atoms with van der Waals surface area (Å²) in [7, 11) is -0.505. The van der Waals surface area contributed by atoms with Crippen LogP contribution >= 0.6 is 23.4 Å². The minimum absolute atomic E-state index is 0.177. The van der Waals surface area contributed by atoms with Crippen molar-refractivity contribution in [1.82, 2.24) is 9.13 Å². The summed E-state index contributed by atoms with van der Waals surface area (Å²) in [5.74, 6) is 0. The molecule has 0 aliphatic heterocycles. The number of hydrogen-bond donors (Lipinski definition) is 1. The highest BCUT2D eigenvalue weighted by molar-refractivity contribution is 7.99. The number of nitrogens with one attached hydrogen (secondary N) is 1. The summed E-state index contributed by atoms with van der Waals surface area (Å²) in [5.41, 5.74) is 3.41. The molecule has 0 atom stereocenters. The molecule has 4 rings (SSSR count). The Labute approximate surface area is 195 Å². The molecule has 0 amide bonds. The van der Waals surface area contributed by atoms with E-state index >= 15 is 0 Å². The van der Waals surface area contributed by atoms with Gasteiger partial charge in [0.15, 0.2) is 0 Å². The van der Waals surface area contributed by atoms with Crippen LogP contribution in [0.5, 0.6) is 0 Å². The Hall–Kier alpha value is -2.68. The van der Waals surface area contributed by atoms with Gasteiger partial charge in [-0.25, -0.2) is 13.2 Å². The van der Waals surface area contributed by atoms with Crippen molar-refractivity contribution in [1.29, 1.82) is 0 Å². The molecule has 0 radical (unpaired) electrons. The first-order valence-electron chi connectivity index (χ1n) is 9.80. The lowest BCUT2D eigenvalue weighted by molar-refractivity contribution is 0.601. The number of hydrogen-bond acceptors (Lipinski definition) is 4. The summed E-state index contributed by atoms with van der Waals surface area (Å²) in [6.07, 6.45) is 0. The Bertz CT molecular complexity index is 1520. The maximum atomic E-state index is 13.2. The van der Waals surface area contributed by atoms with Crippen LogP contribution < -0.4 is 10.4 Å². The molecule has 1 N–H and O–H groups in total. The highest BCUT2D eigenvalue weighted by Crippen LogP contribution is 2.40. The van der Waals surface area contributed by atoms with Gasteiger partial charge in [-0.05, 0) is 61.4 Å². The van der Waals surface area contributed by atoms with E-state index in [1.807, 2.05) is 38.1 Å². The standard InChI is InChI=1S/C23H22ClN3O3S2/c1-14-9-10-16(11-15(14)2)32(29,30)25-18-12-19-20(27(4)23(28)26(19)3)13-22(18)31-21-8-6-5-7-17(21)24/h5-13,25H,1-4H3. The van der Waals surface area contributed by atoms with Crippen molar-refractivity contribution in [2.75, 3.05) is 4.72 Å². The molecular weight excluding hydrogens is 466 g/mol. The minimum atomic E-state index is -3.85. The highest BCUT2D eigenvalue weighted by atomic mass is 35.5. The third kappa shape index (κ3) is 4.05. The Balaban J connectivity index is 1.88. The van der Waals surface area contributed by atoms with Crippen LogP contribution in [0.4, 0.5) is 5.69 Å². The van der Waals surface area contributed by atoms with E-state index in [9.17, 15) is 13.2 Å². The molecule has 32 heavy (non-hydrogen) atoms. The second kappa shape index (κ2) is 8.35. The van der Waals surface area contributed by atoms with Gasteiger partial charge in [-0.3, -0.25) is 13.9 Å². The Kier molecular flexibility index (Phi) is 5.87. The van der Waals surface area contributed by atoms with Crippen LogP contribution in [0.15, 0.2) is 74.1 Å². The van der Waals surface area contributed by atoms with Gasteiger partial charge >= 0.3 is 5.69 Å². The first-order chi connectivity index (χ1) is 15.1. The number of aryl methyl sites for hydroxylation is 4. The van der Waals surface area contributed by atoms with Gasteiger partial charge in [0.05, 0.1) is 26.6 Å². The number of aromatic nitrogens is 2. The SMILES string of the molecule is Cc1ccc(S(=O)(=O)Nc2cc3c(cc2Sc2ccccc2Cl)n(C)c(=O)n3C)cc1C. The smallest absolute Gasteiger partial charge is 0.295 e. The number of nitrogens with zero attached hydrogens (tertiary/aromatic N) is 2. The molecule has 1 aromatic heterocycles. The average Bonchev–Trinajstić information content (AvgIpc) is 2.95. The molecule has 0 aliphatic rings. The highest BCUT2D eigenvalue weighted by Gasteiger charge is 2.20. The Morgan fingerprint density at radius 3 is 2.19 bits per heavy atom. The molecule has 0 saturated heterocycles. The molecule has 166 valence electrons. The molecule has 6 nitrogen and oxygen atoms in total. The van der Waals surface area contributed by atoms with E-state index in [2.05, 4.69) is 4.72 Å². The normalized spacial score (nSPS) is 11.8. The molecule has 0 fully saturated rings. The summed E-state index contributed by atoms with van der Waals surface area (Å²) in [5, 5.41) is 0.558. The monoisotopic (exact) mass is 487 g/mol. The molecule has 1 heterocycles. The summed E-state index contributed by atoms with van der Waals surface area (Å²) < 4.78 is 32.2. The van der Waals surface area contributed by atoms with Gasteiger partial charge in [0.2, 0.25) is 0 Å². The predicted octanol–water partition coefficient (Wildman–Crippen LogP) is 5.10. The van der Waals surface area contributed by atoms with E-state index in [1.54, 1.807) is 44.4 Å². The summed E-state index contributed by atoms with van der Waals surface area (Å²) >= 11 is 7.69. The number of rotatable bonds is 5. The zero-order valence-electron chi connectivity index (χ0n) is 18.0. The van der Waals surface area contributed by atoms with Gasteiger partial charge in [-0.2, -0.15) is 0 Å². The maximum absolute atomic E-state index is 13.2. The number of fused-ring (bicyclic) bond motifs is 1. The molecule has 3 aromatic carbocycles. The fourth-order valence-corrected chi connectivity index (χ4v) is 5.83. The fraction of sp³-hybridized carbons (Fsp3) is 0.174. The number of sulfonamides is 1. The molecular formula is C23H22ClN3O3S2. The van der Waals surface area contributed by atoms with Crippen LogP contribution in [0.2, 0.25) is 5.02 Å². The topological polar surface area (TPSA) is 73.1 Å². The number of imidazole rings is 1. The summed E-state index contributed by atoms with van der Waals surface area (Å²) in [6.45, 7) is 3.81. The van der Waals surface area contributed by atoms with Crippen molar-refractivity contribution in [3.8, 4) is 0 Å². The van der Waals surface area contributed by atoms with Gasteiger partial charge in [-0.1, -0.05) is 41.6 Å². The van der Waals surface area contributed by atoms with Crippen molar-refractivity contribution in [3.05, 3.63) is 81.2 Å². The van der Waals surface area contributed by atoms with Crippen LogP contribution in [0.3, 0.4) is 0 Å². The van der Waals surface area contributed by atoms with Crippen molar-refractivity contribution in [3.63, 3.8) is 0 Å². The lowest BCUT2D eigenvalue weighted by atomic mass is 10.1. The largest absolute Gasteiger partial charge is 0.328 e. The van der Waals surface area contributed by atoms with E-state index in [4.69, 9.17) is 11.6 Å². The van der Waals surface area contributed by atoms with Crippen LogP contribution in [0.1, 0.15) is 11.1 Å². The quantitative estimate of drug-likeness (QED) is 0.425. The van der Waals surface area contributed by atoms with Crippen molar-refractivity contribution >= 4 is 50.1 Å². The second-order valence-corrected chi connectivity index (χ2v) is 10.8. The molecule has 0 saturated carbocycles. The molecule has 0 bridgehead atoms. The van der Waals surface area contributed by atoms with E-state index < -0.39 is 10.0 Å². The van der Waals surface area contributed by atoms with E-state index in [0.29, 0.717) is 26.6 Å². The number of halogens is 1. The third-order valence-electron chi connectivity index (χ3n) is 5.46. The van der Waals surface area contributed by atoms with Crippen molar-refractivity contribution in [2.24, 2.45) is 14.1 Å². The van der Waals surface area contributed by atoms with Gasteiger partial charge in [-0.15, -0.1) is 0 Å². The van der Waals surface area contributed by atoms with Crippen LogP contribution in [0.25, 0.3) is 11.0 Å². The fourth-order valence-electron chi connectivity index (χ4n) is 3.42. The van der Waals surface area contributed by atoms with Crippen LogP contribution in [-0.2, 0) is 24.1 Å². The molecule has 0 aliphatic carbocycles. The maximum Gasteiger partial charge on any atom is 0.328 e. The Morgan fingerprint density at radius 2 is 1.53 bits per heavy atom.